The second kappa shape index (κ2) is 8.57. The molecule has 1 amide bonds. The average molecular weight is 461 g/mol. The monoisotopic (exact) mass is 460 g/mol. The number of oxazole rings is 1. The summed E-state index contributed by atoms with van der Waals surface area (Å²) in [6, 6.07) is 5.61. The van der Waals surface area contributed by atoms with Crippen LogP contribution in [0.1, 0.15) is 55.0 Å². The van der Waals surface area contributed by atoms with E-state index in [1.165, 1.54) is 12.7 Å². The first kappa shape index (κ1) is 22.1. The first-order valence-electron chi connectivity index (χ1n) is 11.5. The van der Waals surface area contributed by atoms with Gasteiger partial charge in [0.2, 0.25) is 5.89 Å². The van der Waals surface area contributed by atoms with E-state index in [2.05, 4.69) is 25.2 Å². The Morgan fingerprint density at radius 1 is 1.15 bits per heavy atom. The number of rotatable bonds is 5. The van der Waals surface area contributed by atoms with Crippen LogP contribution in [0.25, 0.3) is 17.1 Å². The van der Waals surface area contributed by atoms with Gasteiger partial charge in [-0.15, -0.1) is 0 Å². The van der Waals surface area contributed by atoms with Gasteiger partial charge in [-0.25, -0.2) is 9.97 Å². The molecule has 1 aliphatic rings. The lowest BCUT2D eigenvalue weighted by atomic mass is 10.1. The summed E-state index contributed by atoms with van der Waals surface area (Å²) < 4.78 is 7.39. The molecule has 5 heterocycles. The number of carbonyl (C=O) groups excluding carboxylic acids is 1. The predicted molar refractivity (Wildman–Crippen MR) is 129 cm³/mol. The molecule has 176 valence electrons. The number of nitrogens with one attached hydrogen (secondary N) is 1. The maximum absolute atomic E-state index is 13.1. The van der Waals surface area contributed by atoms with Crippen molar-refractivity contribution in [1.82, 2.24) is 19.4 Å². The molecule has 0 spiro atoms. The number of imidazole rings is 1. The fourth-order valence-corrected chi connectivity index (χ4v) is 4.19. The van der Waals surface area contributed by atoms with E-state index in [4.69, 9.17) is 4.42 Å². The van der Waals surface area contributed by atoms with E-state index in [0.29, 0.717) is 22.9 Å². The van der Waals surface area contributed by atoms with Gasteiger partial charge in [-0.2, -0.15) is 0 Å². The summed E-state index contributed by atoms with van der Waals surface area (Å²) in [5.41, 5.74) is 3.57. The number of aromatic nitrogens is 4. The fourth-order valence-electron chi connectivity index (χ4n) is 4.19. The number of carbonyl (C=O) groups is 1. The molecule has 4 aromatic heterocycles. The van der Waals surface area contributed by atoms with Crippen molar-refractivity contribution in [3.8, 4) is 11.5 Å². The average Bonchev–Trinajstić information content (AvgIpc) is 3.46. The van der Waals surface area contributed by atoms with Gasteiger partial charge in [0.25, 0.3) is 5.91 Å². The Labute approximate surface area is 197 Å². The topological polar surface area (TPSA) is 109 Å². The van der Waals surface area contributed by atoms with Crippen LogP contribution in [0.4, 0.5) is 11.4 Å². The molecule has 9 heteroatoms. The molecule has 5 rings (SSSR count). The van der Waals surface area contributed by atoms with Crippen molar-refractivity contribution in [3.63, 3.8) is 0 Å². The molecule has 0 radical (unpaired) electrons. The van der Waals surface area contributed by atoms with Crippen LogP contribution in [0.15, 0.2) is 47.5 Å². The van der Waals surface area contributed by atoms with Crippen LogP contribution >= 0.6 is 0 Å². The molecule has 0 bridgehead atoms. The Bertz CT molecular complexity index is 1340. The Hall–Kier alpha value is -3.72. The van der Waals surface area contributed by atoms with E-state index in [1.54, 1.807) is 32.3 Å². The van der Waals surface area contributed by atoms with Gasteiger partial charge in [0.05, 0.1) is 17.1 Å². The maximum atomic E-state index is 13.1. The Kier molecular flexibility index (Phi) is 5.57. The summed E-state index contributed by atoms with van der Waals surface area (Å²) in [5, 5.41) is 13.4. The molecule has 1 saturated heterocycles. The van der Waals surface area contributed by atoms with Crippen LogP contribution in [0.2, 0.25) is 0 Å². The molecular formula is C25H28N6O3. The van der Waals surface area contributed by atoms with Crippen molar-refractivity contribution >= 4 is 22.9 Å². The molecule has 0 unspecified atom stereocenters. The van der Waals surface area contributed by atoms with Gasteiger partial charge in [0.15, 0.2) is 5.69 Å². The van der Waals surface area contributed by atoms with Crippen molar-refractivity contribution in [2.45, 2.75) is 45.6 Å². The number of fused-ring (bicyclic) bond motifs is 1. The highest BCUT2D eigenvalue weighted by Crippen LogP contribution is 2.32. The molecule has 4 aromatic rings. The van der Waals surface area contributed by atoms with Crippen molar-refractivity contribution < 1.29 is 14.3 Å². The molecule has 1 fully saturated rings. The van der Waals surface area contributed by atoms with Crippen LogP contribution in [-0.4, -0.2) is 43.5 Å². The van der Waals surface area contributed by atoms with Crippen LogP contribution in [0.5, 0.6) is 0 Å². The summed E-state index contributed by atoms with van der Waals surface area (Å²) in [6.45, 7) is 7.11. The molecule has 0 aromatic carbocycles. The first-order valence-corrected chi connectivity index (χ1v) is 11.5. The van der Waals surface area contributed by atoms with E-state index in [0.717, 1.165) is 42.9 Å². The lowest BCUT2D eigenvalue weighted by Gasteiger charge is -2.30. The minimum Gasteiger partial charge on any atom is -0.444 e. The number of hydrogen-bond donors (Lipinski definition) is 2. The molecule has 0 saturated carbocycles. The molecule has 0 aliphatic carbocycles. The SMILES string of the molecule is Cc1cc(-c2nc(C(=O)Nc3cn4cc(C(C)(C)O)nc4cc3N3CCCCC3)co2)ccn1. The number of amides is 1. The summed E-state index contributed by atoms with van der Waals surface area (Å²) in [4.78, 5) is 28.6. The van der Waals surface area contributed by atoms with Crippen LogP contribution in [0.3, 0.4) is 0 Å². The number of pyridine rings is 2. The van der Waals surface area contributed by atoms with E-state index in [9.17, 15) is 9.90 Å². The van der Waals surface area contributed by atoms with Crippen molar-refractivity contribution in [2.24, 2.45) is 0 Å². The lowest BCUT2D eigenvalue weighted by molar-refractivity contribution is 0.0744. The van der Waals surface area contributed by atoms with Crippen molar-refractivity contribution in [1.29, 1.82) is 0 Å². The van der Waals surface area contributed by atoms with Gasteiger partial charge < -0.3 is 24.1 Å². The summed E-state index contributed by atoms with van der Waals surface area (Å²) >= 11 is 0. The third-order valence-corrected chi connectivity index (χ3v) is 6.02. The Balaban J connectivity index is 1.48. The van der Waals surface area contributed by atoms with Gasteiger partial charge in [0, 0.05) is 49.0 Å². The van der Waals surface area contributed by atoms with Gasteiger partial charge in [-0.3, -0.25) is 9.78 Å². The summed E-state index contributed by atoms with van der Waals surface area (Å²) in [5.74, 6) is 0.00741. The zero-order valence-corrected chi connectivity index (χ0v) is 19.6. The van der Waals surface area contributed by atoms with E-state index < -0.39 is 5.60 Å². The number of aryl methyl sites for hydroxylation is 1. The van der Waals surface area contributed by atoms with Crippen LogP contribution in [0, 0.1) is 6.92 Å². The van der Waals surface area contributed by atoms with Crippen molar-refractivity contribution in [3.05, 3.63) is 60.1 Å². The lowest BCUT2D eigenvalue weighted by Crippen LogP contribution is -2.30. The molecule has 1 aliphatic heterocycles. The zero-order chi connectivity index (χ0) is 23.9. The number of piperidine rings is 1. The van der Waals surface area contributed by atoms with E-state index in [-0.39, 0.29) is 11.6 Å². The molecular weight excluding hydrogens is 432 g/mol. The predicted octanol–water partition coefficient (Wildman–Crippen LogP) is 4.16. The smallest absolute Gasteiger partial charge is 0.277 e. The summed E-state index contributed by atoms with van der Waals surface area (Å²) in [6.07, 6.45) is 10.1. The standard InChI is InChI=1S/C25H28N6O3/c1-16-11-17(7-8-26-16)24-28-19(15-34-24)23(32)27-18-13-31-14-21(25(2,3)33)29-22(31)12-20(18)30-9-5-4-6-10-30/h7-8,11-15,33H,4-6,9-10H2,1-3H3,(H,27,32). The summed E-state index contributed by atoms with van der Waals surface area (Å²) in [7, 11) is 0. The minimum atomic E-state index is -1.07. The number of hydrogen-bond acceptors (Lipinski definition) is 7. The third-order valence-electron chi connectivity index (χ3n) is 6.02. The van der Waals surface area contributed by atoms with Gasteiger partial charge in [-0.05, 0) is 52.2 Å². The zero-order valence-electron chi connectivity index (χ0n) is 19.6. The molecule has 9 nitrogen and oxygen atoms in total. The van der Waals surface area contributed by atoms with E-state index >= 15 is 0 Å². The molecule has 0 atom stereocenters. The van der Waals surface area contributed by atoms with Crippen LogP contribution in [-0.2, 0) is 5.60 Å². The normalized spacial score (nSPS) is 14.5. The van der Waals surface area contributed by atoms with Gasteiger partial charge >= 0.3 is 0 Å². The highest BCUT2D eigenvalue weighted by atomic mass is 16.3. The maximum Gasteiger partial charge on any atom is 0.277 e. The number of aliphatic hydroxyl groups is 1. The minimum absolute atomic E-state index is 0.192. The highest BCUT2D eigenvalue weighted by Gasteiger charge is 2.23. The number of anilines is 2. The largest absolute Gasteiger partial charge is 0.444 e. The van der Waals surface area contributed by atoms with Crippen molar-refractivity contribution in [2.75, 3.05) is 23.3 Å². The van der Waals surface area contributed by atoms with Crippen LogP contribution < -0.4 is 10.2 Å². The van der Waals surface area contributed by atoms with E-state index in [1.807, 2.05) is 29.7 Å². The Morgan fingerprint density at radius 2 is 1.94 bits per heavy atom. The fraction of sp³-hybridized carbons (Fsp3) is 0.360. The first-order chi connectivity index (χ1) is 16.3. The highest BCUT2D eigenvalue weighted by molar-refractivity contribution is 6.04. The second-order valence-corrected chi connectivity index (χ2v) is 9.25. The Morgan fingerprint density at radius 3 is 2.68 bits per heavy atom. The third kappa shape index (κ3) is 4.38. The van der Waals surface area contributed by atoms with Gasteiger partial charge in [0.1, 0.15) is 17.5 Å². The quantitative estimate of drug-likeness (QED) is 0.460. The van der Waals surface area contributed by atoms with Gasteiger partial charge in [-0.1, -0.05) is 0 Å². The molecule has 34 heavy (non-hydrogen) atoms. The molecule has 2 N–H and O–H groups in total. The second-order valence-electron chi connectivity index (χ2n) is 9.25. The number of nitrogens with zero attached hydrogens (tertiary/aromatic N) is 5.